The lowest BCUT2D eigenvalue weighted by Crippen LogP contribution is -1.71. The highest BCUT2D eigenvalue weighted by Crippen LogP contribution is 2.22. The molecule has 112 valence electrons. The fourth-order valence-corrected chi connectivity index (χ4v) is 4.08. The van der Waals surface area contributed by atoms with Crippen LogP contribution in [-0.2, 0) is 0 Å². The number of H-pyrrole nitrogens is 2. The van der Waals surface area contributed by atoms with Crippen LogP contribution in [0.4, 0.5) is 8.78 Å². The molecule has 4 rings (SSSR count). The van der Waals surface area contributed by atoms with E-state index in [1.807, 2.05) is 12.1 Å². The lowest BCUT2D eigenvalue weighted by molar-refractivity contribution is 0.641. The maximum atomic E-state index is 12.9. The van der Waals surface area contributed by atoms with Gasteiger partial charge in [-0.3, -0.25) is 0 Å². The Balaban J connectivity index is 0.000000131. The molecule has 0 aliphatic heterocycles. The number of nitrogens with one attached hydrogen (secondary N) is 2. The quantitative estimate of drug-likeness (QED) is 0.361. The van der Waals surface area contributed by atoms with Crippen molar-refractivity contribution in [3.63, 3.8) is 0 Å². The van der Waals surface area contributed by atoms with Crippen LogP contribution < -0.4 is 0 Å². The highest BCUT2D eigenvalue weighted by Gasteiger charge is 2.01. The van der Waals surface area contributed by atoms with E-state index in [1.54, 1.807) is 12.1 Å². The number of rotatable bonds is 0. The molecule has 0 atom stereocenters. The molecule has 2 aromatic heterocycles. The lowest BCUT2D eigenvalue weighted by Gasteiger charge is -1.87. The number of aromatic nitrogens is 2. The van der Waals surface area contributed by atoms with Crippen molar-refractivity contribution in [1.82, 2.24) is 9.97 Å². The van der Waals surface area contributed by atoms with Gasteiger partial charge in [-0.2, -0.15) is 0 Å². The number of hydrogen-bond acceptors (Lipinski definition) is 4. The van der Waals surface area contributed by atoms with Crippen LogP contribution in [0.3, 0.4) is 0 Å². The Morgan fingerprint density at radius 2 is 1.14 bits per heavy atom. The zero-order chi connectivity index (χ0) is 15.7. The van der Waals surface area contributed by atoms with E-state index >= 15 is 0 Å². The lowest BCUT2D eigenvalue weighted by atomic mass is 10.3. The maximum Gasteiger partial charge on any atom is 0.159 e. The zero-order valence-electron chi connectivity index (χ0n) is 10.9. The van der Waals surface area contributed by atoms with Crippen LogP contribution in [0.2, 0.25) is 0 Å². The SMILES string of the molecule is Fc1cccc2[nH]c(=S)sc12.Fc1cccc2[nH]c(=S)sc12. The first-order valence-electron chi connectivity index (χ1n) is 6.09. The number of halogens is 2. The van der Waals surface area contributed by atoms with E-state index in [0.29, 0.717) is 17.3 Å². The molecule has 0 unspecified atom stereocenters. The first-order chi connectivity index (χ1) is 10.5. The summed E-state index contributed by atoms with van der Waals surface area (Å²) < 4.78 is 28.3. The highest BCUT2D eigenvalue weighted by atomic mass is 32.2. The fraction of sp³-hybridized carbons (Fsp3) is 0. The summed E-state index contributed by atoms with van der Waals surface area (Å²) >= 11 is 12.3. The van der Waals surface area contributed by atoms with Gasteiger partial charge in [0.05, 0.1) is 20.4 Å². The summed E-state index contributed by atoms with van der Waals surface area (Å²) in [7, 11) is 0. The van der Waals surface area contributed by atoms with E-state index in [1.165, 1.54) is 34.8 Å². The van der Waals surface area contributed by atoms with Crippen molar-refractivity contribution in [3.05, 3.63) is 55.9 Å². The van der Waals surface area contributed by atoms with Crippen LogP contribution in [-0.4, -0.2) is 9.97 Å². The second-order valence-electron chi connectivity index (χ2n) is 4.26. The van der Waals surface area contributed by atoms with Crippen molar-refractivity contribution < 1.29 is 8.78 Å². The summed E-state index contributed by atoms with van der Waals surface area (Å²) in [4.78, 5) is 5.79. The predicted molar refractivity (Wildman–Crippen MR) is 93.9 cm³/mol. The fourth-order valence-electron chi connectivity index (χ4n) is 1.88. The molecule has 2 heterocycles. The zero-order valence-corrected chi connectivity index (χ0v) is 14.1. The smallest absolute Gasteiger partial charge is 0.159 e. The Bertz CT molecular complexity index is 972. The Kier molecular flexibility index (Phi) is 4.44. The van der Waals surface area contributed by atoms with E-state index in [2.05, 4.69) is 9.97 Å². The summed E-state index contributed by atoms with van der Waals surface area (Å²) in [5.74, 6) is -0.417. The Morgan fingerprint density at radius 3 is 1.50 bits per heavy atom. The molecule has 2 nitrogen and oxygen atoms in total. The van der Waals surface area contributed by atoms with Crippen molar-refractivity contribution in [2.45, 2.75) is 0 Å². The molecule has 4 aromatic rings. The second kappa shape index (κ2) is 6.33. The first kappa shape index (κ1) is 15.4. The third-order valence-electron chi connectivity index (χ3n) is 2.80. The van der Waals surface area contributed by atoms with Gasteiger partial charge in [-0.1, -0.05) is 12.1 Å². The van der Waals surface area contributed by atoms with Gasteiger partial charge in [-0.15, -0.1) is 22.7 Å². The van der Waals surface area contributed by atoms with Gasteiger partial charge >= 0.3 is 0 Å². The molecule has 0 radical (unpaired) electrons. The van der Waals surface area contributed by atoms with Crippen LogP contribution in [0.25, 0.3) is 20.4 Å². The summed E-state index contributed by atoms with van der Waals surface area (Å²) in [6, 6.07) is 9.81. The van der Waals surface area contributed by atoms with Gasteiger partial charge in [0.1, 0.15) is 11.6 Å². The molecule has 0 aliphatic rings. The number of aromatic amines is 2. The van der Waals surface area contributed by atoms with Gasteiger partial charge < -0.3 is 9.97 Å². The van der Waals surface area contributed by atoms with E-state index < -0.39 is 0 Å². The van der Waals surface area contributed by atoms with E-state index in [-0.39, 0.29) is 11.6 Å². The molecule has 0 amide bonds. The number of benzene rings is 2. The van der Waals surface area contributed by atoms with Gasteiger partial charge in [0.25, 0.3) is 0 Å². The molecule has 2 N–H and O–H groups in total. The molecular formula is C14H8F2N2S4. The largest absolute Gasteiger partial charge is 0.337 e. The van der Waals surface area contributed by atoms with E-state index in [0.717, 1.165) is 11.0 Å². The van der Waals surface area contributed by atoms with Crippen LogP contribution in [0.15, 0.2) is 36.4 Å². The molecule has 22 heavy (non-hydrogen) atoms. The van der Waals surface area contributed by atoms with Crippen molar-refractivity contribution in [2.75, 3.05) is 0 Å². The van der Waals surface area contributed by atoms with Gasteiger partial charge in [0.15, 0.2) is 7.91 Å². The monoisotopic (exact) mass is 370 g/mol. The van der Waals surface area contributed by atoms with Crippen LogP contribution in [0.1, 0.15) is 0 Å². The topological polar surface area (TPSA) is 31.6 Å². The average molecular weight is 370 g/mol. The van der Waals surface area contributed by atoms with Crippen LogP contribution >= 0.6 is 47.1 Å². The third kappa shape index (κ3) is 3.14. The van der Waals surface area contributed by atoms with Crippen molar-refractivity contribution >= 4 is 67.5 Å². The van der Waals surface area contributed by atoms with Gasteiger partial charge in [-0.25, -0.2) is 8.78 Å². The standard InChI is InChI=1S/2C7H4FNS2/c2*8-4-2-1-3-5-6(4)11-7(10)9-5/h2*1-3H,(H,9,10). The molecule has 0 saturated carbocycles. The summed E-state index contributed by atoms with van der Waals surface area (Å²) in [6.07, 6.45) is 0. The van der Waals surface area contributed by atoms with Crippen molar-refractivity contribution in [3.8, 4) is 0 Å². The molecule has 0 saturated heterocycles. The number of fused-ring (bicyclic) bond motifs is 2. The molecule has 8 heteroatoms. The van der Waals surface area contributed by atoms with Crippen LogP contribution in [0, 0.1) is 19.5 Å². The van der Waals surface area contributed by atoms with Crippen LogP contribution in [0.5, 0.6) is 0 Å². The molecule has 0 spiro atoms. The molecule has 2 aromatic carbocycles. The minimum atomic E-state index is -0.208. The third-order valence-corrected chi connectivity index (χ3v) is 5.31. The average Bonchev–Trinajstić information content (AvgIpc) is 3.03. The minimum absolute atomic E-state index is 0.208. The number of hydrogen-bond donors (Lipinski definition) is 2. The minimum Gasteiger partial charge on any atom is -0.337 e. The predicted octanol–water partition coefficient (Wildman–Crippen LogP) is 6.20. The Labute approximate surface area is 142 Å². The van der Waals surface area contributed by atoms with Gasteiger partial charge in [-0.05, 0) is 48.7 Å². The first-order valence-corrected chi connectivity index (χ1v) is 8.54. The number of thiazole rings is 2. The van der Waals surface area contributed by atoms with E-state index in [4.69, 9.17) is 24.4 Å². The maximum absolute atomic E-state index is 12.9. The van der Waals surface area contributed by atoms with Gasteiger partial charge in [0, 0.05) is 0 Å². The van der Waals surface area contributed by atoms with Crippen molar-refractivity contribution in [1.29, 1.82) is 0 Å². The van der Waals surface area contributed by atoms with Crippen molar-refractivity contribution in [2.24, 2.45) is 0 Å². The summed E-state index contributed by atoms with van der Waals surface area (Å²) in [5, 5.41) is 0. The highest BCUT2D eigenvalue weighted by molar-refractivity contribution is 7.74. The summed E-state index contributed by atoms with van der Waals surface area (Å²) in [5.41, 5.74) is 1.56. The normalized spacial score (nSPS) is 10.6. The molecule has 0 bridgehead atoms. The molecule has 0 fully saturated rings. The van der Waals surface area contributed by atoms with Gasteiger partial charge in [0.2, 0.25) is 0 Å². The Morgan fingerprint density at radius 1 is 0.727 bits per heavy atom. The molecular weight excluding hydrogens is 362 g/mol. The summed E-state index contributed by atoms with van der Waals surface area (Å²) in [6.45, 7) is 0. The second-order valence-corrected chi connectivity index (χ2v) is 7.64. The Hall–Kier alpha value is -1.48. The molecule has 0 aliphatic carbocycles. The van der Waals surface area contributed by atoms with E-state index in [9.17, 15) is 8.78 Å².